The van der Waals surface area contributed by atoms with E-state index in [4.69, 9.17) is 21.5 Å². The molecule has 0 aliphatic carbocycles. The average Bonchev–Trinajstić information content (AvgIpc) is 3.22. The second-order valence-corrected chi connectivity index (χ2v) is 6.92. The van der Waals surface area contributed by atoms with Gasteiger partial charge in [0.15, 0.2) is 7.11 Å². The molecule has 0 radical (unpaired) electrons. The predicted molar refractivity (Wildman–Crippen MR) is 105 cm³/mol. The number of hydrogen-bond donors (Lipinski definition) is 0. The molecular formula is C18H15N2O4S2+. The van der Waals surface area contributed by atoms with Gasteiger partial charge in [-0.25, -0.2) is 4.84 Å². The van der Waals surface area contributed by atoms with Gasteiger partial charge in [0.2, 0.25) is 0 Å². The number of carbonyl (C=O) groups excluding carboxylic acids is 1. The number of rotatable bonds is 6. The highest BCUT2D eigenvalue weighted by Gasteiger charge is 2.31. The topological polar surface area (TPSA) is 62.8 Å². The number of thiocarbonyl (C=S) groups is 1. The van der Waals surface area contributed by atoms with Gasteiger partial charge in [-0.15, -0.1) is 6.58 Å². The Morgan fingerprint density at radius 3 is 2.85 bits per heavy atom. The first-order valence-corrected chi connectivity index (χ1v) is 8.84. The second kappa shape index (κ2) is 7.67. The molecule has 8 heteroatoms. The number of thioether (sulfide) groups is 1. The minimum atomic E-state index is -0.177. The van der Waals surface area contributed by atoms with Crippen molar-refractivity contribution in [2.75, 3.05) is 13.7 Å². The van der Waals surface area contributed by atoms with E-state index in [-0.39, 0.29) is 5.91 Å². The van der Waals surface area contributed by atoms with E-state index < -0.39 is 0 Å². The third kappa shape index (κ3) is 3.47. The van der Waals surface area contributed by atoms with Gasteiger partial charge < -0.3 is 4.42 Å². The summed E-state index contributed by atoms with van der Waals surface area (Å²) in [6.45, 7) is 4.00. The molecule has 2 heterocycles. The Bertz CT molecular complexity index is 933. The summed E-state index contributed by atoms with van der Waals surface area (Å²) in [7, 11) is 1.29. The van der Waals surface area contributed by atoms with Gasteiger partial charge in [-0.1, -0.05) is 42.2 Å². The van der Waals surface area contributed by atoms with Crippen LogP contribution in [0, 0.1) is 4.91 Å². The molecular weight excluding hydrogens is 372 g/mol. The Labute approximate surface area is 159 Å². The zero-order valence-corrected chi connectivity index (χ0v) is 15.5. The van der Waals surface area contributed by atoms with Gasteiger partial charge in [0.1, 0.15) is 15.8 Å². The molecule has 0 spiro atoms. The minimum Gasteiger partial charge on any atom is -0.456 e. The first-order chi connectivity index (χ1) is 12.5. The molecule has 1 fully saturated rings. The fraction of sp³-hybridized carbons (Fsp3) is 0.111. The third-order valence-electron chi connectivity index (χ3n) is 3.62. The van der Waals surface area contributed by atoms with Crippen LogP contribution in [0.4, 0.5) is 5.69 Å². The lowest BCUT2D eigenvalue weighted by Gasteiger charge is -2.10. The second-order valence-electron chi connectivity index (χ2n) is 5.24. The van der Waals surface area contributed by atoms with E-state index in [2.05, 4.69) is 6.58 Å². The number of nitrogens with zero attached hydrogens (tertiary/aromatic N) is 2. The largest absolute Gasteiger partial charge is 0.456 e. The van der Waals surface area contributed by atoms with Crippen LogP contribution in [0.25, 0.3) is 17.4 Å². The van der Waals surface area contributed by atoms with Crippen LogP contribution in [-0.2, 0) is 9.63 Å². The van der Waals surface area contributed by atoms with Crippen molar-refractivity contribution in [1.82, 2.24) is 4.90 Å². The number of para-hydroxylation sites is 1. The number of carbonyl (C=O) groups is 1. The minimum absolute atomic E-state index is 0.177. The predicted octanol–water partition coefficient (Wildman–Crippen LogP) is 4.31. The van der Waals surface area contributed by atoms with Crippen molar-refractivity contribution >= 4 is 46.0 Å². The van der Waals surface area contributed by atoms with E-state index in [0.717, 1.165) is 0 Å². The number of furan rings is 1. The molecule has 3 rings (SSSR count). The molecule has 2 aromatic rings. The van der Waals surface area contributed by atoms with Gasteiger partial charge in [0.25, 0.3) is 10.8 Å². The molecule has 1 aliphatic rings. The molecule has 1 aromatic heterocycles. The van der Waals surface area contributed by atoms with Crippen molar-refractivity contribution in [2.45, 2.75) is 0 Å². The van der Waals surface area contributed by atoms with Gasteiger partial charge in [-0.2, -0.15) is 0 Å². The molecule has 26 heavy (non-hydrogen) atoms. The maximum absolute atomic E-state index is 12.4. The standard InChI is InChI=1S/C18H15N2O4S2/c1-3-10-19-17(21)16(26-18(19)25)11-12-8-9-15(24-12)13-6-4-5-7-14(13)20(22)23-2/h3-9,11H,1,10H2,2H3/q+1/b16-11-. The number of benzene rings is 1. The Morgan fingerprint density at radius 1 is 1.35 bits per heavy atom. The Balaban J connectivity index is 1.90. The van der Waals surface area contributed by atoms with Crippen molar-refractivity contribution in [1.29, 1.82) is 0 Å². The van der Waals surface area contributed by atoms with Gasteiger partial charge >= 0.3 is 5.69 Å². The van der Waals surface area contributed by atoms with Gasteiger partial charge in [0, 0.05) is 18.7 Å². The van der Waals surface area contributed by atoms with Crippen molar-refractivity contribution < 1.29 is 19.0 Å². The third-order valence-corrected chi connectivity index (χ3v) is 5.00. The highest BCUT2D eigenvalue weighted by Crippen LogP contribution is 2.35. The Morgan fingerprint density at radius 2 is 2.12 bits per heavy atom. The fourth-order valence-electron chi connectivity index (χ4n) is 2.43. The normalized spacial score (nSPS) is 15.6. The summed E-state index contributed by atoms with van der Waals surface area (Å²) in [6, 6.07) is 10.4. The summed E-state index contributed by atoms with van der Waals surface area (Å²) < 4.78 is 6.29. The molecule has 0 bridgehead atoms. The Kier molecular flexibility index (Phi) is 5.34. The highest BCUT2D eigenvalue weighted by molar-refractivity contribution is 8.26. The highest BCUT2D eigenvalue weighted by atomic mass is 32.2. The van der Waals surface area contributed by atoms with Crippen LogP contribution in [0.1, 0.15) is 5.76 Å². The first-order valence-electron chi connectivity index (χ1n) is 7.62. The molecule has 1 aliphatic heterocycles. The van der Waals surface area contributed by atoms with Gasteiger partial charge in [-0.3, -0.25) is 9.69 Å². The molecule has 1 amide bonds. The van der Waals surface area contributed by atoms with Gasteiger partial charge in [-0.05, 0) is 18.2 Å². The molecule has 1 saturated heterocycles. The van der Waals surface area contributed by atoms with Crippen LogP contribution < -0.4 is 0 Å². The summed E-state index contributed by atoms with van der Waals surface area (Å²) in [5.74, 6) is 0.804. The lowest BCUT2D eigenvalue weighted by Crippen LogP contribution is -2.27. The van der Waals surface area contributed by atoms with E-state index in [1.165, 1.54) is 23.8 Å². The zero-order valence-electron chi connectivity index (χ0n) is 13.9. The van der Waals surface area contributed by atoms with E-state index in [0.29, 0.717) is 43.5 Å². The summed E-state index contributed by atoms with van der Waals surface area (Å²) in [5, 5.41) is 0. The van der Waals surface area contributed by atoms with E-state index in [9.17, 15) is 9.70 Å². The summed E-state index contributed by atoms with van der Waals surface area (Å²) >= 11 is 6.43. The molecule has 0 unspecified atom stereocenters. The maximum Gasteiger partial charge on any atom is 0.327 e. The van der Waals surface area contributed by atoms with Crippen molar-refractivity contribution in [2.24, 2.45) is 0 Å². The average molecular weight is 387 g/mol. The lowest BCUT2D eigenvalue weighted by atomic mass is 10.1. The molecule has 132 valence electrons. The van der Waals surface area contributed by atoms with Crippen LogP contribution in [-0.4, -0.2) is 33.7 Å². The van der Waals surface area contributed by atoms with Crippen LogP contribution in [0.3, 0.4) is 0 Å². The number of hydrogen-bond acceptors (Lipinski definition) is 6. The monoisotopic (exact) mass is 387 g/mol. The van der Waals surface area contributed by atoms with Crippen molar-refractivity contribution in [3.05, 3.63) is 64.6 Å². The van der Waals surface area contributed by atoms with E-state index >= 15 is 0 Å². The zero-order chi connectivity index (χ0) is 18.7. The smallest absolute Gasteiger partial charge is 0.327 e. The van der Waals surface area contributed by atoms with Crippen molar-refractivity contribution in [3.63, 3.8) is 0 Å². The van der Waals surface area contributed by atoms with Crippen LogP contribution in [0.5, 0.6) is 0 Å². The Hall–Kier alpha value is -2.71. The van der Waals surface area contributed by atoms with Crippen LogP contribution >= 0.6 is 24.0 Å². The van der Waals surface area contributed by atoms with Crippen LogP contribution in [0.2, 0.25) is 0 Å². The van der Waals surface area contributed by atoms with E-state index in [1.54, 1.807) is 48.6 Å². The maximum atomic E-state index is 12.4. The summed E-state index contributed by atoms with van der Waals surface area (Å²) in [6.07, 6.45) is 3.26. The van der Waals surface area contributed by atoms with Gasteiger partial charge in [0.05, 0.1) is 15.4 Å². The molecule has 1 aromatic carbocycles. The molecule has 0 saturated carbocycles. The SMILES string of the molecule is C=CCN1C(=O)/C(=C/c2ccc(-c3ccccc3[N+](=O)OC)o2)SC1=S. The van der Waals surface area contributed by atoms with Crippen LogP contribution in [0.15, 0.2) is 58.4 Å². The quantitative estimate of drug-likeness (QED) is 0.319. The summed E-state index contributed by atoms with van der Waals surface area (Å²) in [4.78, 5) is 31.3. The molecule has 6 nitrogen and oxygen atoms in total. The summed E-state index contributed by atoms with van der Waals surface area (Å²) in [5.41, 5.74) is 0.913. The molecule has 0 N–H and O–H groups in total. The fourth-order valence-corrected chi connectivity index (χ4v) is 3.69. The molecule has 0 atom stereocenters. The van der Waals surface area contributed by atoms with Crippen molar-refractivity contribution in [3.8, 4) is 11.3 Å². The van der Waals surface area contributed by atoms with E-state index in [1.807, 2.05) is 0 Å². The lowest BCUT2D eigenvalue weighted by molar-refractivity contribution is -0.736. The first kappa shape index (κ1) is 18.1. The number of amides is 1.